The van der Waals surface area contributed by atoms with Gasteiger partial charge in [-0.15, -0.1) is 0 Å². The van der Waals surface area contributed by atoms with Crippen LogP contribution in [0.1, 0.15) is 29.3 Å². The topological polar surface area (TPSA) is 60.7 Å². The van der Waals surface area contributed by atoms with E-state index < -0.39 is 0 Å². The fourth-order valence-electron chi connectivity index (χ4n) is 2.77. The van der Waals surface area contributed by atoms with E-state index in [2.05, 4.69) is 4.99 Å². The molecular weight excluding hydrogens is 348 g/mol. The van der Waals surface area contributed by atoms with E-state index in [0.717, 1.165) is 15.8 Å². The average molecular weight is 368 g/mol. The number of methoxy groups -OCH3 is 1. The summed E-state index contributed by atoms with van der Waals surface area (Å²) in [6.45, 7) is 2.70. The van der Waals surface area contributed by atoms with E-state index in [1.807, 2.05) is 47.9 Å². The van der Waals surface area contributed by atoms with E-state index in [4.69, 9.17) is 4.74 Å². The minimum absolute atomic E-state index is 0.143. The zero-order chi connectivity index (χ0) is 18.5. The molecule has 0 N–H and O–H groups in total. The van der Waals surface area contributed by atoms with Gasteiger partial charge in [0, 0.05) is 13.0 Å². The summed E-state index contributed by atoms with van der Waals surface area (Å²) < 4.78 is 7.66. The molecule has 6 heteroatoms. The number of fused-ring (bicyclic) bond motifs is 1. The molecule has 1 heterocycles. The average Bonchev–Trinajstić information content (AvgIpc) is 3.02. The lowest BCUT2D eigenvalue weighted by atomic mass is 10.1. The van der Waals surface area contributed by atoms with Crippen LogP contribution in [0.4, 0.5) is 0 Å². The summed E-state index contributed by atoms with van der Waals surface area (Å²) >= 11 is 1.41. The second-order valence-corrected chi connectivity index (χ2v) is 6.80. The number of hydrogen-bond donors (Lipinski definition) is 0. The number of carbonyl (C=O) groups excluding carboxylic acids is 2. The lowest BCUT2D eigenvalue weighted by Crippen LogP contribution is -2.16. The van der Waals surface area contributed by atoms with Gasteiger partial charge in [-0.25, -0.2) is 4.79 Å². The van der Waals surface area contributed by atoms with Gasteiger partial charge in [-0.05, 0) is 37.1 Å². The van der Waals surface area contributed by atoms with Crippen molar-refractivity contribution in [2.24, 2.45) is 4.99 Å². The lowest BCUT2D eigenvalue weighted by molar-refractivity contribution is -0.118. The Labute approximate surface area is 155 Å². The number of aromatic nitrogens is 1. The van der Waals surface area contributed by atoms with E-state index in [1.165, 1.54) is 18.4 Å². The van der Waals surface area contributed by atoms with E-state index in [0.29, 0.717) is 29.8 Å². The van der Waals surface area contributed by atoms with Crippen molar-refractivity contribution in [1.82, 2.24) is 4.57 Å². The molecule has 0 spiro atoms. The first-order valence-corrected chi connectivity index (χ1v) is 9.27. The van der Waals surface area contributed by atoms with Crippen molar-refractivity contribution < 1.29 is 14.3 Å². The van der Waals surface area contributed by atoms with Gasteiger partial charge in [0.15, 0.2) is 4.80 Å². The van der Waals surface area contributed by atoms with Crippen molar-refractivity contribution >= 4 is 33.4 Å². The van der Waals surface area contributed by atoms with Crippen LogP contribution in [0.2, 0.25) is 0 Å². The second-order valence-electron chi connectivity index (χ2n) is 5.79. The van der Waals surface area contributed by atoms with Crippen LogP contribution < -0.4 is 4.80 Å². The fraction of sp³-hybridized carbons (Fsp3) is 0.250. The largest absolute Gasteiger partial charge is 0.465 e. The Morgan fingerprint density at radius 3 is 2.62 bits per heavy atom. The zero-order valence-corrected chi connectivity index (χ0v) is 15.6. The highest BCUT2D eigenvalue weighted by molar-refractivity contribution is 7.16. The third-order valence-corrected chi connectivity index (χ3v) is 5.15. The molecule has 0 radical (unpaired) electrons. The molecule has 134 valence electrons. The van der Waals surface area contributed by atoms with Crippen LogP contribution in [0.3, 0.4) is 0 Å². The molecule has 1 amide bonds. The quantitative estimate of drug-likeness (QED) is 0.647. The maximum atomic E-state index is 12.3. The first kappa shape index (κ1) is 18.1. The molecule has 0 atom stereocenters. The van der Waals surface area contributed by atoms with Gasteiger partial charge in [0.1, 0.15) is 0 Å². The van der Waals surface area contributed by atoms with Gasteiger partial charge in [-0.1, -0.05) is 41.7 Å². The first-order valence-electron chi connectivity index (χ1n) is 8.45. The molecule has 26 heavy (non-hydrogen) atoms. The highest BCUT2D eigenvalue weighted by atomic mass is 32.1. The summed E-state index contributed by atoms with van der Waals surface area (Å²) in [6.07, 6.45) is 1.04. The van der Waals surface area contributed by atoms with Crippen LogP contribution in [0.25, 0.3) is 10.2 Å². The molecule has 0 fully saturated rings. The predicted octanol–water partition coefficient (Wildman–Crippen LogP) is 3.57. The molecule has 0 aliphatic heterocycles. The van der Waals surface area contributed by atoms with Crippen molar-refractivity contribution in [3.8, 4) is 0 Å². The number of esters is 1. The third kappa shape index (κ3) is 3.91. The Balaban J connectivity index is 1.89. The minimum Gasteiger partial charge on any atom is -0.465 e. The predicted molar refractivity (Wildman–Crippen MR) is 102 cm³/mol. The van der Waals surface area contributed by atoms with Crippen molar-refractivity contribution in [3.63, 3.8) is 0 Å². The van der Waals surface area contributed by atoms with Crippen molar-refractivity contribution in [2.45, 2.75) is 26.3 Å². The molecule has 3 aromatic rings. The third-order valence-electron chi connectivity index (χ3n) is 4.11. The van der Waals surface area contributed by atoms with Crippen molar-refractivity contribution in [2.75, 3.05) is 7.11 Å². The molecule has 3 rings (SSSR count). The van der Waals surface area contributed by atoms with E-state index in [-0.39, 0.29) is 11.9 Å². The Kier molecular flexibility index (Phi) is 5.63. The maximum absolute atomic E-state index is 12.3. The first-order chi connectivity index (χ1) is 12.6. The summed E-state index contributed by atoms with van der Waals surface area (Å²) in [5.74, 6) is -0.517. The van der Waals surface area contributed by atoms with Crippen LogP contribution in [-0.2, 0) is 22.5 Å². The zero-order valence-electron chi connectivity index (χ0n) is 14.8. The second kappa shape index (κ2) is 8.10. The van der Waals surface area contributed by atoms with E-state index in [9.17, 15) is 9.59 Å². The number of carbonyl (C=O) groups is 2. The summed E-state index contributed by atoms with van der Waals surface area (Å²) in [5, 5.41) is 0. The van der Waals surface area contributed by atoms with Crippen LogP contribution in [0, 0.1) is 0 Å². The maximum Gasteiger partial charge on any atom is 0.337 e. The standard InChI is InChI=1S/C20H20N2O3S/c1-3-22-16-11-10-15(19(24)25-2)13-17(16)26-20(22)21-18(23)12-9-14-7-5-4-6-8-14/h4-8,10-11,13H,3,9,12H2,1-2H3. The molecule has 0 unspecified atom stereocenters. The molecule has 2 aromatic carbocycles. The summed E-state index contributed by atoms with van der Waals surface area (Å²) in [7, 11) is 1.36. The molecular formula is C20H20N2O3S. The Morgan fingerprint density at radius 1 is 1.15 bits per heavy atom. The highest BCUT2D eigenvalue weighted by Gasteiger charge is 2.11. The number of rotatable bonds is 5. The fourth-order valence-corrected chi connectivity index (χ4v) is 3.92. The number of aryl methyl sites for hydroxylation is 2. The summed E-state index contributed by atoms with van der Waals surface area (Å²) in [4.78, 5) is 29.0. The lowest BCUT2D eigenvalue weighted by Gasteiger charge is -2.02. The normalized spacial score (nSPS) is 11.7. The Bertz CT molecular complexity index is 1000. The molecule has 0 bridgehead atoms. The van der Waals surface area contributed by atoms with Gasteiger partial charge in [0.05, 0.1) is 22.9 Å². The van der Waals surface area contributed by atoms with Gasteiger partial charge in [-0.3, -0.25) is 4.79 Å². The molecule has 1 aromatic heterocycles. The number of amides is 1. The van der Waals surface area contributed by atoms with Crippen LogP contribution in [0.5, 0.6) is 0 Å². The molecule has 0 aliphatic carbocycles. The summed E-state index contributed by atoms with van der Waals surface area (Å²) in [5.41, 5.74) is 2.57. The molecule has 0 aliphatic rings. The molecule has 0 saturated carbocycles. The van der Waals surface area contributed by atoms with Crippen LogP contribution in [-0.4, -0.2) is 23.6 Å². The monoisotopic (exact) mass is 368 g/mol. The Hall–Kier alpha value is -2.73. The van der Waals surface area contributed by atoms with E-state index >= 15 is 0 Å². The van der Waals surface area contributed by atoms with E-state index in [1.54, 1.807) is 12.1 Å². The number of ether oxygens (including phenoxy) is 1. The van der Waals surface area contributed by atoms with Crippen molar-refractivity contribution in [3.05, 3.63) is 64.5 Å². The molecule has 5 nitrogen and oxygen atoms in total. The highest BCUT2D eigenvalue weighted by Crippen LogP contribution is 2.20. The van der Waals surface area contributed by atoms with Crippen LogP contribution >= 0.6 is 11.3 Å². The van der Waals surface area contributed by atoms with Gasteiger partial charge in [-0.2, -0.15) is 4.99 Å². The molecule has 0 saturated heterocycles. The van der Waals surface area contributed by atoms with Gasteiger partial charge < -0.3 is 9.30 Å². The van der Waals surface area contributed by atoms with Gasteiger partial charge in [0.2, 0.25) is 5.91 Å². The van der Waals surface area contributed by atoms with Crippen LogP contribution in [0.15, 0.2) is 53.5 Å². The Morgan fingerprint density at radius 2 is 1.92 bits per heavy atom. The summed E-state index contributed by atoms with van der Waals surface area (Å²) in [6, 6.07) is 15.3. The smallest absolute Gasteiger partial charge is 0.337 e. The van der Waals surface area contributed by atoms with Crippen molar-refractivity contribution in [1.29, 1.82) is 0 Å². The number of nitrogens with zero attached hydrogens (tertiary/aromatic N) is 2. The number of hydrogen-bond acceptors (Lipinski definition) is 4. The van der Waals surface area contributed by atoms with Gasteiger partial charge in [0.25, 0.3) is 0 Å². The minimum atomic E-state index is -0.374. The number of benzene rings is 2. The van der Waals surface area contributed by atoms with Gasteiger partial charge >= 0.3 is 5.97 Å². The number of thiazole rings is 1. The SMILES string of the molecule is CCn1c(=NC(=O)CCc2ccccc2)sc2cc(C(=O)OC)ccc21.